The standard InChI is InChI=1S/C14H11ClFNO2/c1-2-19-14-13(16)11(5-6-17-14)9-3-4-12(15)10(7-9)8-18/h3-8H,2H2,1H3. The first-order chi connectivity index (χ1) is 9.17. The van der Waals surface area contributed by atoms with E-state index in [-0.39, 0.29) is 5.88 Å². The van der Waals surface area contributed by atoms with Crippen LogP contribution in [0.5, 0.6) is 5.88 Å². The van der Waals surface area contributed by atoms with Gasteiger partial charge in [-0.3, -0.25) is 4.79 Å². The number of aldehydes is 1. The molecule has 5 heteroatoms. The molecule has 0 unspecified atom stereocenters. The van der Waals surface area contributed by atoms with Crippen LogP contribution in [0.1, 0.15) is 17.3 Å². The van der Waals surface area contributed by atoms with Crippen molar-refractivity contribution in [1.29, 1.82) is 0 Å². The van der Waals surface area contributed by atoms with Gasteiger partial charge in [-0.1, -0.05) is 17.7 Å². The normalized spacial score (nSPS) is 10.3. The highest BCUT2D eigenvalue weighted by molar-refractivity contribution is 6.33. The Hall–Kier alpha value is -1.94. The van der Waals surface area contributed by atoms with Gasteiger partial charge in [0.05, 0.1) is 11.6 Å². The molecule has 1 heterocycles. The van der Waals surface area contributed by atoms with Crippen LogP contribution in [-0.2, 0) is 0 Å². The zero-order chi connectivity index (χ0) is 13.8. The number of ether oxygens (including phenoxy) is 1. The third kappa shape index (κ3) is 2.74. The number of carbonyl (C=O) groups excluding carboxylic acids is 1. The Morgan fingerprint density at radius 3 is 2.89 bits per heavy atom. The number of carbonyl (C=O) groups is 1. The van der Waals surface area contributed by atoms with Crippen LogP contribution in [0.15, 0.2) is 30.5 Å². The highest BCUT2D eigenvalue weighted by Crippen LogP contribution is 2.29. The van der Waals surface area contributed by atoms with E-state index in [0.29, 0.717) is 34.6 Å². The number of rotatable bonds is 4. The van der Waals surface area contributed by atoms with Gasteiger partial charge in [-0.2, -0.15) is 0 Å². The Balaban J connectivity index is 2.52. The Bertz CT molecular complexity index is 616. The van der Waals surface area contributed by atoms with Gasteiger partial charge >= 0.3 is 0 Å². The topological polar surface area (TPSA) is 39.2 Å². The molecule has 1 aromatic carbocycles. The molecule has 0 atom stereocenters. The van der Waals surface area contributed by atoms with Crippen LogP contribution in [-0.4, -0.2) is 17.9 Å². The molecule has 0 aliphatic carbocycles. The van der Waals surface area contributed by atoms with Crippen molar-refractivity contribution >= 4 is 17.9 Å². The number of halogens is 2. The number of pyridine rings is 1. The minimum Gasteiger partial charge on any atom is -0.476 e. The minimum atomic E-state index is -0.552. The molecule has 0 radical (unpaired) electrons. The van der Waals surface area contributed by atoms with E-state index in [9.17, 15) is 9.18 Å². The maximum absolute atomic E-state index is 14.2. The van der Waals surface area contributed by atoms with Crippen molar-refractivity contribution in [3.63, 3.8) is 0 Å². The van der Waals surface area contributed by atoms with Crippen LogP contribution in [0.4, 0.5) is 4.39 Å². The molecule has 2 rings (SSSR count). The number of hydrogen-bond donors (Lipinski definition) is 0. The molecule has 0 amide bonds. The number of benzene rings is 1. The second kappa shape index (κ2) is 5.80. The number of aromatic nitrogens is 1. The van der Waals surface area contributed by atoms with Crippen LogP contribution in [0.3, 0.4) is 0 Å². The highest BCUT2D eigenvalue weighted by atomic mass is 35.5. The zero-order valence-corrected chi connectivity index (χ0v) is 10.9. The molecule has 1 aromatic heterocycles. The van der Waals surface area contributed by atoms with Gasteiger partial charge < -0.3 is 4.74 Å². The van der Waals surface area contributed by atoms with E-state index in [2.05, 4.69) is 4.98 Å². The Morgan fingerprint density at radius 2 is 2.21 bits per heavy atom. The summed E-state index contributed by atoms with van der Waals surface area (Å²) in [4.78, 5) is 14.7. The maximum atomic E-state index is 14.2. The average molecular weight is 280 g/mol. The van der Waals surface area contributed by atoms with E-state index in [1.54, 1.807) is 19.1 Å². The average Bonchev–Trinajstić information content (AvgIpc) is 2.42. The Morgan fingerprint density at radius 1 is 1.42 bits per heavy atom. The summed E-state index contributed by atoms with van der Waals surface area (Å²) in [6.07, 6.45) is 2.09. The second-order valence-electron chi connectivity index (χ2n) is 3.76. The van der Waals surface area contributed by atoms with Crippen molar-refractivity contribution in [2.24, 2.45) is 0 Å². The molecule has 98 valence electrons. The van der Waals surface area contributed by atoms with Gasteiger partial charge in [0.25, 0.3) is 5.88 Å². The minimum absolute atomic E-state index is 0.0531. The lowest BCUT2D eigenvalue weighted by Crippen LogP contribution is -1.99. The van der Waals surface area contributed by atoms with E-state index in [1.165, 1.54) is 18.3 Å². The lowest BCUT2D eigenvalue weighted by molar-refractivity contribution is 0.112. The van der Waals surface area contributed by atoms with Crippen molar-refractivity contribution in [3.8, 4) is 17.0 Å². The molecule has 0 saturated heterocycles. The van der Waals surface area contributed by atoms with E-state index in [4.69, 9.17) is 16.3 Å². The third-order valence-corrected chi connectivity index (χ3v) is 2.92. The molecule has 0 aliphatic heterocycles. The van der Waals surface area contributed by atoms with Crippen LogP contribution in [0.2, 0.25) is 5.02 Å². The quantitative estimate of drug-likeness (QED) is 0.800. The summed E-state index contributed by atoms with van der Waals surface area (Å²) in [7, 11) is 0. The third-order valence-electron chi connectivity index (χ3n) is 2.57. The van der Waals surface area contributed by atoms with E-state index in [1.807, 2.05) is 0 Å². The van der Waals surface area contributed by atoms with Gasteiger partial charge in [-0.05, 0) is 30.7 Å². The SMILES string of the molecule is CCOc1nccc(-c2ccc(Cl)c(C=O)c2)c1F. The summed E-state index contributed by atoms with van der Waals surface area (Å²) in [6.45, 7) is 2.08. The van der Waals surface area contributed by atoms with Gasteiger partial charge in [-0.15, -0.1) is 0 Å². The van der Waals surface area contributed by atoms with Crippen LogP contribution in [0, 0.1) is 5.82 Å². The van der Waals surface area contributed by atoms with E-state index in [0.717, 1.165) is 0 Å². The van der Waals surface area contributed by atoms with Crippen LogP contribution in [0.25, 0.3) is 11.1 Å². The molecule has 19 heavy (non-hydrogen) atoms. The van der Waals surface area contributed by atoms with Crippen LogP contribution < -0.4 is 4.74 Å². The van der Waals surface area contributed by atoms with Crippen LogP contribution >= 0.6 is 11.6 Å². The summed E-state index contributed by atoms with van der Waals surface area (Å²) >= 11 is 5.84. The van der Waals surface area contributed by atoms with Gasteiger partial charge in [-0.25, -0.2) is 9.37 Å². The first-order valence-electron chi connectivity index (χ1n) is 5.69. The van der Waals surface area contributed by atoms with Gasteiger partial charge in [0, 0.05) is 17.3 Å². The molecule has 0 aliphatic rings. The molecule has 0 spiro atoms. The largest absolute Gasteiger partial charge is 0.476 e. The Labute approximate surface area is 115 Å². The van der Waals surface area contributed by atoms with Gasteiger partial charge in [0.1, 0.15) is 0 Å². The predicted molar refractivity (Wildman–Crippen MR) is 71.2 cm³/mol. The fourth-order valence-electron chi connectivity index (χ4n) is 1.69. The summed E-state index contributed by atoms with van der Waals surface area (Å²) < 4.78 is 19.3. The Kier molecular flexibility index (Phi) is 4.12. The fraction of sp³-hybridized carbons (Fsp3) is 0.143. The molecule has 0 saturated carbocycles. The predicted octanol–water partition coefficient (Wildman–Crippen LogP) is 3.75. The molecule has 0 N–H and O–H groups in total. The second-order valence-corrected chi connectivity index (χ2v) is 4.17. The maximum Gasteiger partial charge on any atom is 0.251 e. The molecular formula is C14H11ClFNO2. The number of nitrogens with zero attached hydrogens (tertiary/aromatic N) is 1. The van der Waals surface area contributed by atoms with Crippen molar-refractivity contribution in [2.45, 2.75) is 6.92 Å². The molecule has 2 aromatic rings. The van der Waals surface area contributed by atoms with Gasteiger partial charge in [0.15, 0.2) is 12.1 Å². The lowest BCUT2D eigenvalue weighted by atomic mass is 10.0. The number of hydrogen-bond acceptors (Lipinski definition) is 3. The van der Waals surface area contributed by atoms with Crippen molar-refractivity contribution in [3.05, 3.63) is 46.9 Å². The zero-order valence-electron chi connectivity index (χ0n) is 10.2. The molecule has 0 fully saturated rings. The summed E-state index contributed by atoms with van der Waals surface area (Å²) in [5.41, 5.74) is 1.18. The van der Waals surface area contributed by atoms with Crippen molar-refractivity contribution in [1.82, 2.24) is 4.98 Å². The molecule has 3 nitrogen and oxygen atoms in total. The highest BCUT2D eigenvalue weighted by Gasteiger charge is 2.13. The molecule has 0 bridgehead atoms. The monoisotopic (exact) mass is 279 g/mol. The smallest absolute Gasteiger partial charge is 0.251 e. The fourth-order valence-corrected chi connectivity index (χ4v) is 1.85. The first-order valence-corrected chi connectivity index (χ1v) is 6.07. The van der Waals surface area contributed by atoms with Crippen molar-refractivity contribution < 1.29 is 13.9 Å². The van der Waals surface area contributed by atoms with Gasteiger partial charge in [0.2, 0.25) is 0 Å². The summed E-state index contributed by atoms with van der Waals surface area (Å²) in [5.74, 6) is -0.605. The lowest BCUT2D eigenvalue weighted by Gasteiger charge is -2.08. The molecular weight excluding hydrogens is 269 g/mol. The summed E-state index contributed by atoms with van der Waals surface area (Å²) in [5, 5.41) is 0.332. The van der Waals surface area contributed by atoms with E-state index < -0.39 is 5.82 Å². The van der Waals surface area contributed by atoms with Crippen molar-refractivity contribution in [2.75, 3.05) is 6.61 Å². The summed E-state index contributed by atoms with van der Waals surface area (Å²) in [6, 6.07) is 6.25. The first kappa shape index (κ1) is 13.5. The van der Waals surface area contributed by atoms with E-state index >= 15 is 0 Å².